The highest BCUT2D eigenvalue weighted by Crippen LogP contribution is 2.25. The quantitative estimate of drug-likeness (QED) is 0.459. The minimum atomic E-state index is -4.05. The second kappa shape index (κ2) is 11.2. The van der Waals surface area contributed by atoms with Gasteiger partial charge in [0, 0.05) is 0 Å². The average molecular weight is 483 g/mol. The van der Waals surface area contributed by atoms with E-state index in [9.17, 15) is 13.2 Å². The molecule has 0 saturated heterocycles. The molecule has 8 heteroatoms. The number of methoxy groups -OCH3 is 2. The minimum Gasteiger partial charge on any atom is -0.497 e. The summed E-state index contributed by atoms with van der Waals surface area (Å²) in [7, 11) is -1.05. The summed E-state index contributed by atoms with van der Waals surface area (Å²) < 4.78 is 39.7. The third-order valence-corrected chi connectivity index (χ3v) is 6.97. The van der Waals surface area contributed by atoms with Crippen molar-refractivity contribution in [2.75, 3.05) is 14.2 Å². The number of aryl methyl sites for hydroxylation is 1. The van der Waals surface area contributed by atoms with Crippen LogP contribution in [0.2, 0.25) is 0 Å². The molecule has 3 aromatic rings. The Hall–Kier alpha value is -3.36. The fourth-order valence-electron chi connectivity index (χ4n) is 3.57. The van der Waals surface area contributed by atoms with E-state index in [1.165, 1.54) is 13.2 Å². The lowest BCUT2D eigenvalue weighted by Crippen LogP contribution is -2.48. The molecule has 0 heterocycles. The molecule has 0 radical (unpaired) electrons. The summed E-state index contributed by atoms with van der Waals surface area (Å²) in [5, 5.41) is 2.93. The number of ether oxygens (including phenoxy) is 2. The van der Waals surface area contributed by atoms with Crippen LogP contribution in [0, 0.1) is 6.92 Å². The molecule has 2 unspecified atom stereocenters. The Kier molecular flexibility index (Phi) is 8.31. The van der Waals surface area contributed by atoms with Gasteiger partial charge in [-0.15, -0.1) is 0 Å². The summed E-state index contributed by atoms with van der Waals surface area (Å²) in [6.07, 6.45) is 0.190. The van der Waals surface area contributed by atoms with Gasteiger partial charge in [-0.1, -0.05) is 48.5 Å². The second-order valence-electron chi connectivity index (χ2n) is 8.02. The summed E-state index contributed by atoms with van der Waals surface area (Å²) in [5.74, 6) is 0.495. The maximum absolute atomic E-state index is 13.3. The molecule has 2 atom stereocenters. The molecule has 1 amide bonds. The standard InChI is InChI=1S/C26H30N2O5S/c1-18-10-15-24(33-4)25(16-18)34(30,31)28-23(17-20-8-6-5-7-9-20)26(29)27-19(2)21-11-13-22(32-3)14-12-21/h5-16,19,23,28H,17H2,1-4H3,(H,27,29). The van der Waals surface area contributed by atoms with Gasteiger partial charge in [-0.2, -0.15) is 4.72 Å². The van der Waals surface area contributed by atoms with Crippen LogP contribution in [-0.2, 0) is 21.2 Å². The number of rotatable bonds is 10. The maximum Gasteiger partial charge on any atom is 0.244 e. The highest BCUT2D eigenvalue weighted by molar-refractivity contribution is 7.89. The fourth-order valence-corrected chi connectivity index (χ4v) is 5.02. The van der Waals surface area contributed by atoms with Crippen LogP contribution in [-0.4, -0.2) is 34.6 Å². The molecule has 7 nitrogen and oxygen atoms in total. The van der Waals surface area contributed by atoms with Crippen molar-refractivity contribution in [1.82, 2.24) is 10.0 Å². The van der Waals surface area contributed by atoms with Crippen molar-refractivity contribution in [1.29, 1.82) is 0 Å². The van der Waals surface area contributed by atoms with E-state index < -0.39 is 22.0 Å². The summed E-state index contributed by atoms with van der Waals surface area (Å²) in [4.78, 5) is 13.3. The van der Waals surface area contributed by atoms with Crippen LogP contribution in [0.4, 0.5) is 0 Å². The fraction of sp³-hybridized carbons (Fsp3) is 0.269. The number of benzene rings is 3. The van der Waals surface area contributed by atoms with Gasteiger partial charge in [-0.05, 0) is 61.2 Å². The summed E-state index contributed by atoms with van der Waals surface area (Å²) in [6.45, 7) is 3.64. The van der Waals surface area contributed by atoms with E-state index >= 15 is 0 Å². The van der Waals surface area contributed by atoms with Crippen LogP contribution in [0.3, 0.4) is 0 Å². The van der Waals surface area contributed by atoms with Crippen molar-refractivity contribution in [3.63, 3.8) is 0 Å². The molecule has 34 heavy (non-hydrogen) atoms. The molecule has 0 saturated carbocycles. The number of carbonyl (C=O) groups is 1. The molecule has 0 aliphatic heterocycles. The third kappa shape index (κ3) is 6.36. The zero-order valence-electron chi connectivity index (χ0n) is 19.7. The van der Waals surface area contributed by atoms with Crippen molar-refractivity contribution >= 4 is 15.9 Å². The first-order chi connectivity index (χ1) is 16.2. The number of nitrogens with one attached hydrogen (secondary N) is 2. The van der Waals surface area contributed by atoms with E-state index in [2.05, 4.69) is 10.0 Å². The summed E-state index contributed by atoms with van der Waals surface area (Å²) in [6, 6.07) is 20.1. The van der Waals surface area contributed by atoms with E-state index in [1.54, 1.807) is 26.2 Å². The van der Waals surface area contributed by atoms with Crippen LogP contribution in [0.15, 0.2) is 77.7 Å². The van der Waals surface area contributed by atoms with Gasteiger partial charge in [0.25, 0.3) is 0 Å². The van der Waals surface area contributed by atoms with Crippen molar-refractivity contribution < 1.29 is 22.7 Å². The Balaban J connectivity index is 1.87. The average Bonchev–Trinajstić information content (AvgIpc) is 2.84. The Morgan fingerprint density at radius 2 is 1.62 bits per heavy atom. The zero-order chi connectivity index (χ0) is 24.7. The Labute approximate surface area is 201 Å². The van der Waals surface area contributed by atoms with Gasteiger partial charge in [0.1, 0.15) is 22.4 Å². The number of carbonyl (C=O) groups excluding carboxylic acids is 1. The van der Waals surface area contributed by atoms with Gasteiger partial charge >= 0.3 is 0 Å². The van der Waals surface area contributed by atoms with Crippen LogP contribution in [0.1, 0.15) is 29.7 Å². The van der Waals surface area contributed by atoms with E-state index in [4.69, 9.17) is 9.47 Å². The van der Waals surface area contributed by atoms with Crippen LogP contribution < -0.4 is 19.5 Å². The molecule has 0 bridgehead atoms. The molecular formula is C26H30N2O5S. The van der Waals surface area contributed by atoms with Gasteiger partial charge in [-0.3, -0.25) is 4.79 Å². The Bertz CT molecular complexity index is 1210. The second-order valence-corrected chi connectivity index (χ2v) is 9.70. The van der Waals surface area contributed by atoms with Gasteiger partial charge < -0.3 is 14.8 Å². The molecule has 3 rings (SSSR count). The predicted molar refractivity (Wildman–Crippen MR) is 132 cm³/mol. The van der Waals surface area contributed by atoms with Gasteiger partial charge in [0.2, 0.25) is 15.9 Å². The zero-order valence-corrected chi connectivity index (χ0v) is 20.6. The summed E-state index contributed by atoms with van der Waals surface area (Å²) >= 11 is 0. The van der Waals surface area contributed by atoms with Crippen LogP contribution in [0.25, 0.3) is 0 Å². The molecule has 3 aromatic carbocycles. The molecular weight excluding hydrogens is 452 g/mol. The van der Waals surface area contributed by atoms with Crippen molar-refractivity contribution in [3.05, 3.63) is 89.5 Å². The molecule has 2 N–H and O–H groups in total. The number of hydrogen-bond acceptors (Lipinski definition) is 5. The monoisotopic (exact) mass is 482 g/mol. The highest BCUT2D eigenvalue weighted by Gasteiger charge is 2.29. The number of hydrogen-bond donors (Lipinski definition) is 2. The third-order valence-electron chi connectivity index (χ3n) is 5.48. The van der Waals surface area contributed by atoms with Gasteiger partial charge in [-0.25, -0.2) is 8.42 Å². The van der Waals surface area contributed by atoms with Crippen molar-refractivity contribution in [3.8, 4) is 11.5 Å². The number of sulfonamides is 1. The predicted octanol–water partition coefficient (Wildman–Crippen LogP) is 3.78. The first kappa shape index (κ1) is 25.3. The molecule has 0 fully saturated rings. The Morgan fingerprint density at radius 3 is 2.24 bits per heavy atom. The van der Waals surface area contributed by atoms with Crippen molar-refractivity contribution in [2.45, 2.75) is 37.2 Å². The van der Waals surface area contributed by atoms with E-state index in [0.717, 1.165) is 16.7 Å². The molecule has 0 aliphatic rings. The molecule has 0 spiro atoms. The minimum absolute atomic E-state index is 0.0101. The van der Waals surface area contributed by atoms with Crippen LogP contribution >= 0.6 is 0 Å². The lowest BCUT2D eigenvalue weighted by atomic mass is 10.0. The molecule has 0 aromatic heterocycles. The number of amides is 1. The normalized spacial score (nSPS) is 13.1. The first-order valence-electron chi connectivity index (χ1n) is 10.9. The SMILES string of the molecule is COc1ccc(C(C)NC(=O)C(Cc2ccccc2)NS(=O)(=O)c2cc(C)ccc2OC)cc1. The lowest BCUT2D eigenvalue weighted by molar-refractivity contribution is -0.123. The molecule has 180 valence electrons. The largest absolute Gasteiger partial charge is 0.497 e. The van der Waals surface area contributed by atoms with E-state index in [0.29, 0.717) is 5.75 Å². The van der Waals surface area contributed by atoms with Gasteiger partial charge in [0.15, 0.2) is 0 Å². The topological polar surface area (TPSA) is 93.7 Å². The van der Waals surface area contributed by atoms with Crippen LogP contribution in [0.5, 0.6) is 11.5 Å². The van der Waals surface area contributed by atoms with E-state index in [1.807, 2.05) is 61.5 Å². The lowest BCUT2D eigenvalue weighted by Gasteiger charge is -2.22. The molecule has 0 aliphatic carbocycles. The van der Waals surface area contributed by atoms with Gasteiger partial charge in [0.05, 0.1) is 20.3 Å². The van der Waals surface area contributed by atoms with Crippen molar-refractivity contribution in [2.24, 2.45) is 0 Å². The highest BCUT2D eigenvalue weighted by atomic mass is 32.2. The smallest absolute Gasteiger partial charge is 0.244 e. The first-order valence-corrected chi connectivity index (χ1v) is 12.4. The summed E-state index contributed by atoms with van der Waals surface area (Å²) in [5.41, 5.74) is 2.47. The maximum atomic E-state index is 13.3. The van der Waals surface area contributed by atoms with E-state index in [-0.39, 0.29) is 23.1 Å². The Morgan fingerprint density at radius 1 is 0.941 bits per heavy atom.